The highest BCUT2D eigenvalue weighted by molar-refractivity contribution is 6.67. The number of ether oxygens (including phenoxy) is 1. The molecule has 12 heteroatoms. The standard InChI is InChI=1S/C38H47N5O7/c1-24-19-26(20-25(2)33(24)45)23-50-37(49)41-16-11-30(21-31(41)12-18-44)40-15-9-28-5-3-4-6-32(28)43(36(40)48)42-17-10-29(27-7-13-39-14-8-27)22-38(42)34(46)35(38)47/h3-6,18-20,27,29-31,39,45H,7-17,21-23H2,1-2H3/t29?,30?,31-/m0/s1. The Hall–Kier alpha value is -4.29. The molecule has 7 rings (SSSR count). The molecular formula is C38H47N5O7. The topological polar surface area (TPSA) is 140 Å². The lowest BCUT2D eigenvalue weighted by Gasteiger charge is -2.48. The largest absolute Gasteiger partial charge is 0.507 e. The molecule has 1 aliphatic carbocycles. The van der Waals surface area contributed by atoms with Gasteiger partial charge in [0.1, 0.15) is 18.6 Å². The van der Waals surface area contributed by atoms with Crippen molar-refractivity contribution >= 4 is 35.7 Å². The number of nitrogens with zero attached hydrogens (tertiary/aromatic N) is 4. The van der Waals surface area contributed by atoms with Crippen LogP contribution in [0.3, 0.4) is 0 Å². The predicted octanol–water partition coefficient (Wildman–Crippen LogP) is 4.07. The lowest BCUT2D eigenvalue weighted by Crippen LogP contribution is -2.63. The van der Waals surface area contributed by atoms with E-state index in [1.54, 1.807) is 40.9 Å². The number of hydrogen-bond acceptors (Lipinski definition) is 9. The second-order valence-electron chi connectivity index (χ2n) is 14.7. The van der Waals surface area contributed by atoms with Crippen molar-refractivity contribution in [1.82, 2.24) is 20.1 Å². The van der Waals surface area contributed by atoms with Gasteiger partial charge in [0.15, 0.2) is 5.54 Å². The molecule has 2 N–H and O–H groups in total. The minimum atomic E-state index is -1.31. The molecule has 5 aliphatic rings. The average Bonchev–Trinajstić information content (AvgIpc) is 3.68. The highest BCUT2D eigenvalue weighted by atomic mass is 16.6. The number of phenolic OH excluding ortho intramolecular Hbond substituents is 1. The summed E-state index contributed by atoms with van der Waals surface area (Å²) in [5.41, 5.74) is 2.49. The Balaban J connectivity index is 1.11. The summed E-state index contributed by atoms with van der Waals surface area (Å²) in [6.07, 6.45) is 5.11. The summed E-state index contributed by atoms with van der Waals surface area (Å²) in [5.74, 6) is 0.0824. The van der Waals surface area contributed by atoms with Gasteiger partial charge in [-0.15, -0.1) is 0 Å². The van der Waals surface area contributed by atoms with Crippen LogP contribution in [0, 0.1) is 25.7 Å². The number of anilines is 1. The molecule has 0 bridgehead atoms. The molecular weight excluding hydrogens is 638 g/mol. The van der Waals surface area contributed by atoms with Gasteiger partial charge in [-0.1, -0.05) is 18.2 Å². The van der Waals surface area contributed by atoms with Crippen molar-refractivity contribution in [3.63, 3.8) is 0 Å². The fourth-order valence-electron chi connectivity index (χ4n) is 9.04. The summed E-state index contributed by atoms with van der Waals surface area (Å²) in [6, 6.07) is 10.2. The average molecular weight is 686 g/mol. The quantitative estimate of drug-likeness (QED) is 0.251. The number of para-hydroxylation sites is 1. The van der Waals surface area contributed by atoms with E-state index in [1.807, 2.05) is 29.2 Å². The van der Waals surface area contributed by atoms with Gasteiger partial charge in [0.25, 0.3) is 0 Å². The van der Waals surface area contributed by atoms with Crippen molar-refractivity contribution in [2.75, 3.05) is 37.7 Å². The first kappa shape index (κ1) is 34.2. The molecule has 2 unspecified atom stereocenters. The van der Waals surface area contributed by atoms with E-state index in [2.05, 4.69) is 5.32 Å². The summed E-state index contributed by atoms with van der Waals surface area (Å²) < 4.78 is 5.68. The molecule has 4 heterocycles. The molecule has 4 aliphatic heterocycles. The molecule has 2 aromatic carbocycles. The maximum atomic E-state index is 14.8. The first-order chi connectivity index (χ1) is 24.1. The van der Waals surface area contributed by atoms with Crippen LogP contribution in [0.4, 0.5) is 15.3 Å². The number of Topliss-reactive ketones (excluding diaryl/α,β-unsaturated/α-hetero) is 2. The number of carbonyl (C=O) groups excluding carboxylic acids is 5. The van der Waals surface area contributed by atoms with Gasteiger partial charge in [0, 0.05) is 38.1 Å². The van der Waals surface area contributed by atoms with E-state index in [1.165, 1.54) is 0 Å². The third-order valence-electron chi connectivity index (χ3n) is 11.8. The zero-order chi connectivity index (χ0) is 35.2. The van der Waals surface area contributed by atoms with Gasteiger partial charge in [-0.3, -0.25) is 9.59 Å². The van der Waals surface area contributed by atoms with Gasteiger partial charge in [-0.25, -0.2) is 14.6 Å². The maximum absolute atomic E-state index is 14.8. The molecule has 50 heavy (non-hydrogen) atoms. The van der Waals surface area contributed by atoms with Crippen LogP contribution >= 0.6 is 0 Å². The number of urea groups is 1. The Kier molecular flexibility index (Phi) is 9.42. The highest BCUT2D eigenvalue weighted by Gasteiger charge is 2.72. The van der Waals surface area contributed by atoms with E-state index >= 15 is 0 Å². The monoisotopic (exact) mass is 685 g/mol. The number of fused-ring (bicyclic) bond motifs is 1. The van der Waals surface area contributed by atoms with E-state index < -0.39 is 29.2 Å². The summed E-state index contributed by atoms with van der Waals surface area (Å²) in [7, 11) is 0. The second-order valence-corrected chi connectivity index (χ2v) is 14.7. The van der Waals surface area contributed by atoms with Crippen molar-refractivity contribution in [3.8, 4) is 5.75 Å². The van der Waals surface area contributed by atoms with E-state index in [0.29, 0.717) is 68.0 Å². The number of amides is 3. The number of hydrogen-bond donors (Lipinski definition) is 2. The number of likely N-dealkylation sites (tertiary alicyclic amines) is 1. The number of aromatic hydroxyl groups is 1. The molecule has 3 atom stereocenters. The van der Waals surface area contributed by atoms with Crippen molar-refractivity contribution in [3.05, 3.63) is 58.7 Å². The van der Waals surface area contributed by atoms with Crippen LogP contribution in [-0.2, 0) is 32.1 Å². The van der Waals surface area contributed by atoms with Gasteiger partial charge in [0.05, 0.1) is 5.69 Å². The van der Waals surface area contributed by atoms with Crippen LogP contribution in [-0.4, -0.2) is 100 Å². The smallest absolute Gasteiger partial charge is 0.410 e. The van der Waals surface area contributed by atoms with Crippen LogP contribution in [0.5, 0.6) is 5.75 Å². The number of carbonyl (C=O) groups is 5. The van der Waals surface area contributed by atoms with Crippen LogP contribution in [0.15, 0.2) is 36.4 Å². The van der Waals surface area contributed by atoms with Crippen LogP contribution in [0.2, 0.25) is 0 Å². The van der Waals surface area contributed by atoms with Gasteiger partial charge < -0.3 is 29.8 Å². The predicted molar refractivity (Wildman–Crippen MR) is 184 cm³/mol. The summed E-state index contributed by atoms with van der Waals surface area (Å²) in [4.78, 5) is 70.1. The SMILES string of the molecule is Cc1cc(COC(=O)N2CCC(N3CCc4ccccc4N(N4CCC(C5CCNCC5)CC45C(=O)C5=O)C3=O)C[C@@H]2CC=O)cc(C)c1O. The number of benzene rings is 2. The summed E-state index contributed by atoms with van der Waals surface area (Å²) in [6.45, 7) is 6.64. The first-order valence-corrected chi connectivity index (χ1v) is 18.1. The first-order valence-electron chi connectivity index (χ1n) is 18.1. The molecule has 0 radical (unpaired) electrons. The Bertz CT molecular complexity index is 1650. The van der Waals surface area contributed by atoms with Gasteiger partial charge >= 0.3 is 12.1 Å². The molecule has 1 spiro atoms. The Morgan fingerprint density at radius 2 is 1.70 bits per heavy atom. The Morgan fingerprint density at radius 1 is 0.980 bits per heavy atom. The zero-order valence-corrected chi connectivity index (χ0v) is 28.9. The van der Waals surface area contributed by atoms with E-state index in [0.717, 1.165) is 49.8 Å². The van der Waals surface area contributed by atoms with Crippen LogP contribution < -0.4 is 10.3 Å². The minimum absolute atomic E-state index is 0.0277. The molecule has 0 aromatic heterocycles. The number of rotatable bonds is 7. The van der Waals surface area contributed by atoms with Gasteiger partial charge in [0.2, 0.25) is 11.6 Å². The normalized spacial score (nSPS) is 25.8. The second kappa shape index (κ2) is 13.8. The van der Waals surface area contributed by atoms with E-state index in [9.17, 15) is 29.1 Å². The Morgan fingerprint density at radius 3 is 2.40 bits per heavy atom. The van der Waals surface area contributed by atoms with Gasteiger partial charge in [-0.05, 0) is 124 Å². The highest BCUT2D eigenvalue weighted by Crippen LogP contribution is 2.49. The number of aryl methyl sites for hydroxylation is 2. The molecule has 12 nitrogen and oxygen atoms in total. The van der Waals surface area contributed by atoms with E-state index in [4.69, 9.17) is 4.74 Å². The third kappa shape index (κ3) is 6.06. The van der Waals surface area contributed by atoms with Crippen LogP contribution in [0.25, 0.3) is 0 Å². The lowest BCUT2D eigenvalue weighted by atomic mass is 9.76. The molecule has 4 fully saturated rings. The molecule has 3 amide bonds. The molecule has 1 saturated carbocycles. The summed E-state index contributed by atoms with van der Waals surface area (Å²) in [5, 5.41) is 16.9. The number of phenols is 1. The molecule has 266 valence electrons. The number of hydrazine groups is 1. The van der Waals surface area contributed by atoms with Gasteiger partial charge in [-0.2, -0.15) is 5.01 Å². The van der Waals surface area contributed by atoms with Crippen molar-refractivity contribution < 1.29 is 33.8 Å². The number of aldehydes is 1. The minimum Gasteiger partial charge on any atom is -0.507 e. The van der Waals surface area contributed by atoms with Crippen LogP contribution in [0.1, 0.15) is 67.2 Å². The number of nitrogens with one attached hydrogen (secondary N) is 1. The van der Waals surface area contributed by atoms with Crippen molar-refractivity contribution in [1.29, 1.82) is 0 Å². The molecule has 3 saturated heterocycles. The number of piperidine rings is 3. The van der Waals surface area contributed by atoms with Crippen molar-refractivity contribution in [2.45, 2.75) is 89.4 Å². The fraction of sp³-hybridized carbons (Fsp3) is 0.553. The maximum Gasteiger partial charge on any atom is 0.410 e. The third-order valence-corrected chi connectivity index (χ3v) is 11.8. The molecule has 2 aromatic rings. The fourth-order valence-corrected chi connectivity index (χ4v) is 9.04. The van der Waals surface area contributed by atoms with E-state index in [-0.39, 0.29) is 36.8 Å². The Labute approximate surface area is 292 Å². The lowest BCUT2D eigenvalue weighted by molar-refractivity contribution is -0.122. The zero-order valence-electron chi connectivity index (χ0n) is 28.9. The van der Waals surface area contributed by atoms with Crippen molar-refractivity contribution in [2.24, 2.45) is 11.8 Å². The number of ketones is 2. The summed E-state index contributed by atoms with van der Waals surface area (Å²) >= 11 is 0.